The first-order valence-electron chi connectivity index (χ1n) is 13.9. The van der Waals surface area contributed by atoms with Gasteiger partial charge in [-0.05, 0) is 72.0 Å². The van der Waals surface area contributed by atoms with Gasteiger partial charge in [0, 0.05) is 18.1 Å². The minimum absolute atomic E-state index is 0.0443. The van der Waals surface area contributed by atoms with Crippen molar-refractivity contribution >= 4 is 23.8 Å². The molecule has 0 aliphatic rings. The smallest absolute Gasteiger partial charge is 0.335 e. The number of allylic oxidation sites excluding steroid dienone is 1. The van der Waals surface area contributed by atoms with Crippen molar-refractivity contribution in [3.8, 4) is 22.6 Å². The van der Waals surface area contributed by atoms with Gasteiger partial charge in [-0.3, -0.25) is 4.79 Å². The number of aliphatic hydroxyl groups excluding tert-OH is 1. The number of rotatable bonds is 18. The second-order valence-corrected chi connectivity index (χ2v) is 9.40. The Morgan fingerprint density at radius 1 is 0.698 bits per heavy atom. The van der Waals surface area contributed by atoms with Crippen LogP contribution in [0, 0.1) is 0 Å². The van der Waals surface area contributed by atoms with Crippen LogP contribution in [-0.4, -0.2) is 55.9 Å². The summed E-state index contributed by atoms with van der Waals surface area (Å²) >= 11 is 0. The molecular weight excluding hydrogens is 548 g/mol. The molecule has 0 aliphatic heterocycles. The molecule has 0 atom stereocenters. The van der Waals surface area contributed by atoms with Gasteiger partial charge in [0.05, 0.1) is 38.6 Å². The van der Waals surface area contributed by atoms with Crippen molar-refractivity contribution in [2.24, 2.45) is 0 Å². The van der Waals surface area contributed by atoms with Gasteiger partial charge in [0.1, 0.15) is 11.5 Å². The fraction of sp³-hybridized carbons (Fsp3) is 0.229. The zero-order valence-corrected chi connectivity index (χ0v) is 24.0. The Labute approximate surface area is 251 Å². The summed E-state index contributed by atoms with van der Waals surface area (Å²) in [7, 11) is 0. The molecule has 0 heterocycles. The second-order valence-electron chi connectivity index (χ2n) is 9.40. The van der Waals surface area contributed by atoms with E-state index >= 15 is 0 Å². The van der Waals surface area contributed by atoms with Crippen LogP contribution in [0.5, 0.6) is 11.5 Å². The first-order valence-corrected chi connectivity index (χ1v) is 13.9. The third-order valence-corrected chi connectivity index (χ3v) is 6.15. The summed E-state index contributed by atoms with van der Waals surface area (Å²) < 4.78 is 21.3. The highest BCUT2D eigenvalue weighted by Gasteiger charge is 2.07. The lowest BCUT2D eigenvalue weighted by Gasteiger charge is -2.08. The number of hydrogen-bond acceptors (Lipinski definition) is 8. The molecule has 0 bridgehead atoms. The minimum atomic E-state index is -0.579. The molecule has 8 nitrogen and oxygen atoms in total. The Morgan fingerprint density at radius 3 is 1.84 bits per heavy atom. The molecule has 0 fully saturated rings. The molecule has 3 rings (SSSR count). The topological polar surface area (TPSA) is 108 Å². The van der Waals surface area contributed by atoms with Crippen LogP contribution in [0.2, 0.25) is 0 Å². The molecule has 0 unspecified atom stereocenters. The Hall–Kier alpha value is -4.95. The van der Waals surface area contributed by atoms with E-state index in [1.54, 1.807) is 36.4 Å². The lowest BCUT2D eigenvalue weighted by atomic mass is 10.0. The van der Waals surface area contributed by atoms with Crippen molar-refractivity contribution < 1.29 is 38.4 Å². The van der Waals surface area contributed by atoms with Crippen LogP contribution < -0.4 is 9.47 Å². The maximum Gasteiger partial charge on any atom is 0.335 e. The van der Waals surface area contributed by atoms with Crippen molar-refractivity contribution in [1.82, 2.24) is 0 Å². The van der Waals surface area contributed by atoms with Gasteiger partial charge in [-0.1, -0.05) is 55.6 Å². The first kappa shape index (κ1) is 32.6. The summed E-state index contributed by atoms with van der Waals surface area (Å²) in [5.41, 5.74) is 3.57. The van der Waals surface area contributed by atoms with Gasteiger partial charge < -0.3 is 24.1 Å². The number of benzene rings is 3. The lowest BCUT2D eigenvalue weighted by Crippen LogP contribution is -2.11. The van der Waals surface area contributed by atoms with Crippen LogP contribution in [0.1, 0.15) is 35.2 Å². The van der Waals surface area contributed by atoms with E-state index in [9.17, 15) is 14.4 Å². The zero-order valence-electron chi connectivity index (χ0n) is 24.0. The molecule has 3 aromatic rings. The number of unbranched alkanes of at least 4 members (excludes halogenated alkanes) is 1. The Bertz CT molecular complexity index is 1390. The number of aliphatic hydroxyl groups is 1. The molecule has 224 valence electrons. The van der Waals surface area contributed by atoms with Gasteiger partial charge in [-0.15, -0.1) is 0 Å². The molecule has 0 radical (unpaired) electrons. The van der Waals surface area contributed by atoms with E-state index in [0.717, 1.165) is 34.9 Å². The third-order valence-electron chi connectivity index (χ3n) is 6.15. The molecule has 1 N–H and O–H groups in total. The average molecular weight is 585 g/mol. The van der Waals surface area contributed by atoms with Gasteiger partial charge in [-0.25, -0.2) is 9.59 Å². The van der Waals surface area contributed by atoms with Crippen LogP contribution in [-0.2, 0) is 19.1 Å². The maximum absolute atomic E-state index is 12.6. The molecule has 8 heteroatoms. The highest BCUT2D eigenvalue weighted by molar-refractivity contribution is 6.06. The Kier molecular flexibility index (Phi) is 13.5. The molecule has 0 saturated carbocycles. The van der Waals surface area contributed by atoms with Crippen molar-refractivity contribution in [1.29, 1.82) is 0 Å². The van der Waals surface area contributed by atoms with Crippen molar-refractivity contribution in [3.63, 3.8) is 0 Å². The van der Waals surface area contributed by atoms with Crippen molar-refractivity contribution in [3.05, 3.63) is 115 Å². The Balaban J connectivity index is 1.40. The molecule has 0 spiro atoms. The average Bonchev–Trinajstić information content (AvgIpc) is 3.05. The first-order chi connectivity index (χ1) is 20.9. The van der Waals surface area contributed by atoms with E-state index in [4.69, 9.17) is 24.1 Å². The highest BCUT2D eigenvalue weighted by Crippen LogP contribution is 2.23. The normalized spacial score (nSPS) is 10.6. The lowest BCUT2D eigenvalue weighted by molar-refractivity contribution is -0.140. The van der Waals surface area contributed by atoms with Crippen LogP contribution in [0.15, 0.2) is 104 Å². The number of hydrogen-bond donors (Lipinski definition) is 1. The van der Waals surface area contributed by atoms with E-state index in [-0.39, 0.29) is 24.6 Å². The molecule has 43 heavy (non-hydrogen) atoms. The predicted octanol–water partition coefficient (Wildman–Crippen LogP) is 6.00. The van der Waals surface area contributed by atoms with Gasteiger partial charge in [-0.2, -0.15) is 0 Å². The monoisotopic (exact) mass is 584 g/mol. The van der Waals surface area contributed by atoms with Crippen molar-refractivity contribution in [2.45, 2.75) is 19.3 Å². The summed E-state index contributed by atoms with van der Waals surface area (Å²) in [4.78, 5) is 35.0. The fourth-order valence-corrected chi connectivity index (χ4v) is 3.72. The largest absolute Gasteiger partial charge is 0.494 e. The quantitative estimate of drug-likeness (QED) is 0.0840. The molecule has 0 saturated heterocycles. The maximum atomic E-state index is 12.6. The summed E-state index contributed by atoms with van der Waals surface area (Å²) in [6.45, 7) is 7.75. The van der Waals surface area contributed by atoms with Gasteiger partial charge in [0.15, 0.2) is 5.78 Å². The van der Waals surface area contributed by atoms with Crippen LogP contribution in [0.3, 0.4) is 0 Å². The van der Waals surface area contributed by atoms with Gasteiger partial charge in [0.25, 0.3) is 0 Å². The zero-order chi connectivity index (χ0) is 30.9. The summed E-state index contributed by atoms with van der Waals surface area (Å²) in [5.74, 6) is 0.230. The molecule has 0 aliphatic carbocycles. The number of carbonyl (C=O) groups excluding carboxylic acids is 3. The fourth-order valence-electron chi connectivity index (χ4n) is 3.72. The Morgan fingerprint density at radius 2 is 1.23 bits per heavy atom. The molecule has 0 aromatic heterocycles. The number of carbonyl (C=O) groups is 3. The summed E-state index contributed by atoms with van der Waals surface area (Å²) in [6.07, 6.45) is 6.36. The van der Waals surface area contributed by atoms with Crippen LogP contribution in [0.4, 0.5) is 0 Å². The van der Waals surface area contributed by atoms with E-state index in [1.165, 1.54) is 0 Å². The van der Waals surface area contributed by atoms with E-state index < -0.39 is 18.5 Å². The summed E-state index contributed by atoms with van der Waals surface area (Å²) in [5, 5.41) is 8.85. The number of esters is 2. The standard InChI is InChI=1S/C35H36O8/c1-3-34(38)42-24-6-23-41-32-18-14-30(15-19-32)33(37)20-9-27-7-10-28(11-8-27)29-12-16-31(17-13-29)40-21-4-5-22-43-35(39)26(2)25-36/h3,7-20,36H,1-2,4-6,21-25H2/b20-9+. The predicted molar refractivity (Wildman–Crippen MR) is 165 cm³/mol. The number of ketones is 1. The van der Waals surface area contributed by atoms with Crippen LogP contribution in [0.25, 0.3) is 17.2 Å². The third kappa shape index (κ3) is 11.4. The van der Waals surface area contributed by atoms with E-state index in [1.807, 2.05) is 48.5 Å². The van der Waals surface area contributed by atoms with Gasteiger partial charge >= 0.3 is 11.9 Å². The highest BCUT2D eigenvalue weighted by atomic mass is 16.5. The van der Waals surface area contributed by atoms with Gasteiger partial charge in [0.2, 0.25) is 0 Å². The summed E-state index contributed by atoms with van der Waals surface area (Å²) in [6, 6.07) is 22.6. The van der Waals surface area contributed by atoms with E-state index in [2.05, 4.69) is 13.2 Å². The molecule has 3 aromatic carbocycles. The SMILES string of the molecule is C=CC(=O)OCCCOc1ccc(C(=O)/C=C/c2ccc(-c3ccc(OCCCCOC(=O)C(=C)CO)cc3)cc2)cc1. The number of ether oxygens (including phenoxy) is 4. The minimum Gasteiger partial charge on any atom is -0.494 e. The van der Waals surface area contributed by atoms with Crippen molar-refractivity contribution in [2.75, 3.05) is 33.0 Å². The van der Waals surface area contributed by atoms with Crippen LogP contribution >= 0.6 is 0 Å². The van der Waals surface area contributed by atoms with E-state index in [0.29, 0.717) is 37.4 Å². The molecule has 0 amide bonds. The second kappa shape index (κ2) is 17.8. The molecular formula is C35H36O8.